The molecule has 0 aromatic carbocycles. The van der Waals surface area contributed by atoms with Gasteiger partial charge in [0.25, 0.3) is 0 Å². The Kier molecular flexibility index (Phi) is 2.28. The van der Waals surface area contributed by atoms with Gasteiger partial charge in [0.15, 0.2) is 0 Å². The minimum atomic E-state index is 0.233. The summed E-state index contributed by atoms with van der Waals surface area (Å²) in [4.78, 5) is 0. The van der Waals surface area contributed by atoms with E-state index in [4.69, 9.17) is 5.11 Å². The highest BCUT2D eigenvalue weighted by atomic mass is 16.3. The summed E-state index contributed by atoms with van der Waals surface area (Å²) in [6.07, 6.45) is 4.37. The second kappa shape index (κ2) is 3.02. The molecule has 1 N–H and O–H groups in total. The first-order valence-electron chi connectivity index (χ1n) is 3.72. The molecule has 1 aliphatic carbocycles. The van der Waals surface area contributed by atoms with Crippen molar-refractivity contribution in [3.63, 3.8) is 0 Å². The second-order valence-corrected chi connectivity index (χ2v) is 2.81. The van der Waals surface area contributed by atoms with E-state index in [0.29, 0.717) is 0 Å². The largest absolute Gasteiger partial charge is 0.392 e. The zero-order valence-electron chi connectivity index (χ0n) is 6.65. The zero-order valence-corrected chi connectivity index (χ0v) is 6.65. The Morgan fingerprint density at radius 2 is 2.20 bits per heavy atom. The summed E-state index contributed by atoms with van der Waals surface area (Å²) < 4.78 is 0. The van der Waals surface area contributed by atoms with Gasteiger partial charge in [-0.25, -0.2) is 0 Å². The van der Waals surface area contributed by atoms with E-state index in [9.17, 15) is 0 Å². The average Bonchev–Trinajstić information content (AvgIpc) is 1.95. The smallest absolute Gasteiger partial charge is 0.0647 e. The van der Waals surface area contributed by atoms with Crippen LogP contribution < -0.4 is 0 Å². The predicted molar refractivity (Wildman–Crippen MR) is 42.8 cm³/mol. The van der Waals surface area contributed by atoms with Gasteiger partial charge in [0.05, 0.1) is 6.61 Å². The van der Waals surface area contributed by atoms with Gasteiger partial charge in [0.2, 0.25) is 0 Å². The van der Waals surface area contributed by atoms with Gasteiger partial charge >= 0.3 is 0 Å². The summed E-state index contributed by atoms with van der Waals surface area (Å²) in [5, 5.41) is 8.89. The third kappa shape index (κ3) is 1.29. The Hall–Kier alpha value is -0.560. The molecule has 0 unspecified atom stereocenters. The molecule has 0 saturated carbocycles. The van der Waals surface area contributed by atoms with E-state index in [0.717, 1.165) is 12.8 Å². The number of rotatable bonds is 1. The van der Waals surface area contributed by atoms with Crippen LogP contribution in [0.25, 0.3) is 0 Å². The van der Waals surface area contributed by atoms with Gasteiger partial charge < -0.3 is 5.11 Å². The summed E-state index contributed by atoms with van der Waals surface area (Å²) in [5.41, 5.74) is 3.82. The van der Waals surface area contributed by atoms with Crippen molar-refractivity contribution in [2.24, 2.45) is 0 Å². The summed E-state index contributed by atoms with van der Waals surface area (Å²) in [6.45, 7) is 4.41. The lowest BCUT2D eigenvalue weighted by atomic mass is 9.93. The zero-order chi connectivity index (χ0) is 7.56. The van der Waals surface area contributed by atoms with Gasteiger partial charge in [0.1, 0.15) is 0 Å². The molecule has 0 aromatic heterocycles. The standard InChI is InChI=1S/C9H14O/c1-7-4-3-5-9(6-10)8(7)2/h4,10H,3,5-6H2,1-2H3. The molecule has 10 heavy (non-hydrogen) atoms. The molecule has 0 bridgehead atoms. The Balaban J connectivity index is 2.85. The Morgan fingerprint density at radius 1 is 1.50 bits per heavy atom. The van der Waals surface area contributed by atoms with Crippen molar-refractivity contribution >= 4 is 0 Å². The van der Waals surface area contributed by atoms with Crippen molar-refractivity contribution in [3.8, 4) is 0 Å². The van der Waals surface area contributed by atoms with E-state index in [1.54, 1.807) is 0 Å². The molecule has 0 aliphatic heterocycles. The van der Waals surface area contributed by atoms with Crippen molar-refractivity contribution in [1.82, 2.24) is 0 Å². The fourth-order valence-electron chi connectivity index (χ4n) is 1.28. The number of hydrogen-bond acceptors (Lipinski definition) is 1. The molecular weight excluding hydrogens is 124 g/mol. The number of allylic oxidation sites excluding steroid dienone is 3. The molecule has 0 fully saturated rings. The van der Waals surface area contributed by atoms with Crippen molar-refractivity contribution < 1.29 is 5.11 Å². The molecule has 1 heteroatoms. The topological polar surface area (TPSA) is 20.2 Å². The van der Waals surface area contributed by atoms with Gasteiger partial charge in [-0.05, 0) is 37.8 Å². The van der Waals surface area contributed by atoms with E-state index in [2.05, 4.69) is 19.9 Å². The minimum Gasteiger partial charge on any atom is -0.392 e. The quantitative estimate of drug-likeness (QED) is 0.588. The maximum absolute atomic E-state index is 8.89. The number of aliphatic hydroxyl groups excluding tert-OH is 1. The molecular formula is C9H14O. The molecule has 0 aromatic rings. The number of aliphatic hydroxyl groups is 1. The van der Waals surface area contributed by atoms with Gasteiger partial charge in [-0.2, -0.15) is 0 Å². The highest BCUT2D eigenvalue weighted by Crippen LogP contribution is 2.23. The summed E-state index contributed by atoms with van der Waals surface area (Å²) >= 11 is 0. The van der Waals surface area contributed by atoms with Crippen molar-refractivity contribution in [2.45, 2.75) is 26.7 Å². The highest BCUT2D eigenvalue weighted by molar-refractivity contribution is 5.35. The van der Waals surface area contributed by atoms with Crippen LogP contribution in [0.3, 0.4) is 0 Å². The first-order chi connectivity index (χ1) is 4.75. The highest BCUT2D eigenvalue weighted by Gasteiger charge is 2.06. The molecule has 0 amide bonds. The molecule has 1 nitrogen and oxygen atoms in total. The van der Waals surface area contributed by atoms with Crippen molar-refractivity contribution in [2.75, 3.05) is 6.61 Å². The molecule has 0 spiro atoms. The van der Waals surface area contributed by atoms with Crippen molar-refractivity contribution in [1.29, 1.82) is 0 Å². The maximum atomic E-state index is 8.89. The molecule has 56 valence electrons. The van der Waals surface area contributed by atoms with Crippen LogP contribution in [0.5, 0.6) is 0 Å². The second-order valence-electron chi connectivity index (χ2n) is 2.81. The van der Waals surface area contributed by atoms with E-state index in [1.807, 2.05) is 0 Å². The monoisotopic (exact) mass is 138 g/mol. The lowest BCUT2D eigenvalue weighted by Crippen LogP contribution is -2.00. The van der Waals surface area contributed by atoms with Crippen LogP contribution in [-0.2, 0) is 0 Å². The fourth-order valence-corrected chi connectivity index (χ4v) is 1.28. The third-order valence-electron chi connectivity index (χ3n) is 2.21. The Morgan fingerprint density at radius 3 is 2.70 bits per heavy atom. The van der Waals surface area contributed by atoms with E-state index in [1.165, 1.54) is 16.7 Å². The Bertz CT molecular complexity index is 187. The molecule has 1 aliphatic rings. The SMILES string of the molecule is CC1=CCCC(CO)=C1C. The third-order valence-corrected chi connectivity index (χ3v) is 2.21. The van der Waals surface area contributed by atoms with Crippen molar-refractivity contribution in [3.05, 3.63) is 22.8 Å². The van der Waals surface area contributed by atoms with Crippen LogP contribution >= 0.6 is 0 Å². The van der Waals surface area contributed by atoms with E-state index >= 15 is 0 Å². The van der Waals surface area contributed by atoms with Crippen LogP contribution in [0.4, 0.5) is 0 Å². The maximum Gasteiger partial charge on any atom is 0.0647 e. The fraction of sp³-hybridized carbons (Fsp3) is 0.556. The summed E-state index contributed by atoms with van der Waals surface area (Å²) in [7, 11) is 0. The van der Waals surface area contributed by atoms with Gasteiger partial charge in [0, 0.05) is 0 Å². The molecule has 0 heterocycles. The molecule has 0 saturated heterocycles. The van der Waals surface area contributed by atoms with Gasteiger partial charge in [-0.3, -0.25) is 0 Å². The van der Waals surface area contributed by atoms with Gasteiger partial charge in [-0.1, -0.05) is 11.6 Å². The lowest BCUT2D eigenvalue weighted by Gasteiger charge is -2.14. The van der Waals surface area contributed by atoms with Crippen LogP contribution in [0, 0.1) is 0 Å². The first-order valence-corrected chi connectivity index (χ1v) is 3.72. The van der Waals surface area contributed by atoms with E-state index in [-0.39, 0.29) is 6.61 Å². The minimum absolute atomic E-state index is 0.233. The van der Waals surface area contributed by atoms with Gasteiger partial charge in [-0.15, -0.1) is 0 Å². The summed E-state index contributed by atoms with van der Waals surface area (Å²) in [6, 6.07) is 0. The molecule has 0 radical (unpaired) electrons. The number of hydrogen-bond donors (Lipinski definition) is 1. The Labute approximate surface area is 62.1 Å². The van der Waals surface area contributed by atoms with Crippen LogP contribution in [-0.4, -0.2) is 11.7 Å². The van der Waals surface area contributed by atoms with Crippen LogP contribution in [0.15, 0.2) is 22.8 Å². The lowest BCUT2D eigenvalue weighted by molar-refractivity contribution is 0.325. The van der Waals surface area contributed by atoms with Crippen LogP contribution in [0.1, 0.15) is 26.7 Å². The van der Waals surface area contributed by atoms with E-state index < -0.39 is 0 Å². The first kappa shape index (κ1) is 7.55. The average molecular weight is 138 g/mol. The summed E-state index contributed by atoms with van der Waals surface area (Å²) in [5.74, 6) is 0. The molecule has 0 atom stereocenters. The predicted octanol–water partition coefficient (Wildman–Crippen LogP) is 2.04. The molecule has 1 rings (SSSR count). The van der Waals surface area contributed by atoms with Crippen LogP contribution in [0.2, 0.25) is 0 Å². The normalized spacial score (nSPS) is 19.3.